The third-order valence-corrected chi connectivity index (χ3v) is 2.08. The smallest absolute Gasteiger partial charge is 0.269 e. The molecule has 0 amide bonds. The zero-order chi connectivity index (χ0) is 11.2. The zero-order valence-electron chi connectivity index (χ0n) is 7.77. The third kappa shape index (κ3) is 1.26. The van der Waals surface area contributed by atoms with E-state index in [2.05, 4.69) is 9.97 Å². The van der Waals surface area contributed by atoms with Crippen molar-refractivity contribution < 1.29 is 15.3 Å². The Labute approximate surface area is 83.5 Å². The van der Waals surface area contributed by atoms with Crippen LogP contribution in [0.2, 0.25) is 0 Å². The number of aromatic amines is 1. The van der Waals surface area contributed by atoms with Crippen LogP contribution in [0.1, 0.15) is 5.69 Å². The number of aryl methyl sites for hydroxylation is 1. The molecule has 2 rings (SSSR count). The van der Waals surface area contributed by atoms with Gasteiger partial charge in [0.1, 0.15) is 11.2 Å². The Morgan fingerprint density at radius 3 is 2.60 bits per heavy atom. The highest BCUT2D eigenvalue weighted by Gasteiger charge is 2.13. The average Bonchev–Trinajstić information content (AvgIpc) is 2.19. The summed E-state index contributed by atoms with van der Waals surface area (Å²) < 4.78 is 0. The van der Waals surface area contributed by atoms with E-state index >= 15 is 0 Å². The molecular weight excluding hydrogens is 200 g/mol. The molecule has 2 aromatic rings. The number of nitrogens with zero attached hydrogens (tertiary/aromatic N) is 1. The maximum Gasteiger partial charge on any atom is 0.269 e. The molecule has 0 saturated heterocycles. The van der Waals surface area contributed by atoms with Crippen LogP contribution in [0.5, 0.6) is 17.2 Å². The van der Waals surface area contributed by atoms with Gasteiger partial charge in [0.25, 0.3) is 5.56 Å². The summed E-state index contributed by atoms with van der Waals surface area (Å²) in [5, 5.41) is 27.9. The third-order valence-electron chi connectivity index (χ3n) is 2.08. The Bertz CT molecular complexity index is 603. The fourth-order valence-electron chi connectivity index (χ4n) is 1.27. The molecular formula is C9H8N2O4. The van der Waals surface area contributed by atoms with Crippen LogP contribution in [0, 0.1) is 6.92 Å². The molecule has 0 atom stereocenters. The number of hydrogen-bond donors (Lipinski definition) is 4. The lowest BCUT2D eigenvalue weighted by Crippen LogP contribution is -2.11. The van der Waals surface area contributed by atoms with Gasteiger partial charge in [-0.3, -0.25) is 4.79 Å². The monoisotopic (exact) mass is 208 g/mol. The number of phenols is 3. The van der Waals surface area contributed by atoms with Crippen molar-refractivity contribution in [1.82, 2.24) is 9.97 Å². The molecule has 0 bridgehead atoms. The van der Waals surface area contributed by atoms with Gasteiger partial charge in [0.15, 0.2) is 11.5 Å². The quantitative estimate of drug-likeness (QED) is 0.467. The summed E-state index contributed by atoms with van der Waals surface area (Å²) in [5.74, 6) is -1.72. The molecule has 15 heavy (non-hydrogen) atoms. The van der Waals surface area contributed by atoms with Gasteiger partial charge in [-0.25, -0.2) is 4.98 Å². The molecule has 0 aliphatic carbocycles. The normalized spacial score (nSPS) is 10.7. The summed E-state index contributed by atoms with van der Waals surface area (Å²) in [6.45, 7) is 1.47. The van der Waals surface area contributed by atoms with E-state index in [4.69, 9.17) is 0 Å². The highest BCUT2D eigenvalue weighted by Crippen LogP contribution is 2.38. The molecule has 0 spiro atoms. The van der Waals surface area contributed by atoms with Crippen molar-refractivity contribution in [3.05, 3.63) is 22.1 Å². The summed E-state index contributed by atoms with van der Waals surface area (Å²) in [6.07, 6.45) is 0. The first-order valence-corrected chi connectivity index (χ1v) is 4.15. The number of phenolic OH excluding ortho intramolecular Hbond substituents is 3. The lowest BCUT2D eigenvalue weighted by molar-refractivity contribution is 0.370. The van der Waals surface area contributed by atoms with E-state index in [1.54, 1.807) is 0 Å². The molecule has 0 saturated carbocycles. The summed E-state index contributed by atoms with van der Waals surface area (Å²) in [4.78, 5) is 17.4. The molecule has 6 heteroatoms. The van der Waals surface area contributed by atoms with Gasteiger partial charge in [0, 0.05) is 6.07 Å². The predicted octanol–water partition coefficient (Wildman–Crippen LogP) is 0.348. The minimum Gasteiger partial charge on any atom is -0.504 e. The van der Waals surface area contributed by atoms with E-state index in [1.807, 2.05) is 0 Å². The predicted molar refractivity (Wildman–Crippen MR) is 52.1 cm³/mol. The number of aromatic hydroxyl groups is 3. The van der Waals surface area contributed by atoms with E-state index in [1.165, 1.54) is 6.92 Å². The first kappa shape index (κ1) is 9.32. The van der Waals surface area contributed by atoms with Gasteiger partial charge in [-0.1, -0.05) is 0 Å². The van der Waals surface area contributed by atoms with Crippen LogP contribution >= 0.6 is 0 Å². The summed E-state index contributed by atoms with van der Waals surface area (Å²) in [5.41, 5.74) is -0.0318. The van der Waals surface area contributed by atoms with Gasteiger partial charge >= 0.3 is 0 Å². The van der Waals surface area contributed by atoms with E-state index in [0.29, 0.717) is 0 Å². The fraction of sp³-hybridized carbons (Fsp3) is 0.111. The maximum absolute atomic E-state index is 11.2. The van der Waals surface area contributed by atoms with Gasteiger partial charge in [-0.15, -0.1) is 0 Å². The van der Waals surface area contributed by atoms with E-state index < -0.39 is 22.8 Å². The maximum atomic E-state index is 11.2. The average molecular weight is 208 g/mol. The molecule has 1 aromatic heterocycles. The first-order chi connectivity index (χ1) is 7.00. The number of fused-ring (bicyclic) bond motifs is 1. The van der Waals surface area contributed by atoms with Gasteiger partial charge in [0.05, 0.1) is 5.52 Å². The second-order valence-corrected chi connectivity index (χ2v) is 3.14. The summed E-state index contributed by atoms with van der Waals surface area (Å²) in [7, 11) is 0. The number of nitrogens with one attached hydrogen (secondary N) is 1. The zero-order valence-corrected chi connectivity index (χ0v) is 7.77. The van der Waals surface area contributed by atoms with Crippen molar-refractivity contribution in [3.8, 4) is 17.2 Å². The Balaban J connectivity index is 2.99. The van der Waals surface area contributed by atoms with E-state index in [0.717, 1.165) is 6.07 Å². The molecule has 0 radical (unpaired) electrons. The fourth-order valence-corrected chi connectivity index (χ4v) is 1.27. The first-order valence-electron chi connectivity index (χ1n) is 4.15. The summed E-state index contributed by atoms with van der Waals surface area (Å²) in [6, 6.07) is 1.12. The Morgan fingerprint density at radius 1 is 1.27 bits per heavy atom. The molecule has 1 aromatic carbocycles. The Hall–Kier alpha value is -2.24. The number of H-pyrrole nitrogens is 1. The second-order valence-electron chi connectivity index (χ2n) is 3.14. The Morgan fingerprint density at radius 2 is 1.93 bits per heavy atom. The van der Waals surface area contributed by atoms with Crippen LogP contribution in [0.3, 0.4) is 0 Å². The highest BCUT2D eigenvalue weighted by atomic mass is 16.3. The summed E-state index contributed by atoms with van der Waals surface area (Å²) >= 11 is 0. The molecule has 0 fully saturated rings. The number of benzene rings is 1. The molecule has 6 nitrogen and oxygen atoms in total. The van der Waals surface area contributed by atoms with Crippen LogP contribution in [0.4, 0.5) is 0 Å². The second kappa shape index (κ2) is 2.88. The van der Waals surface area contributed by atoms with Crippen LogP contribution in [-0.2, 0) is 0 Å². The lowest BCUT2D eigenvalue weighted by Gasteiger charge is -2.04. The van der Waals surface area contributed by atoms with E-state index in [9.17, 15) is 20.1 Å². The molecule has 0 aliphatic heterocycles. The van der Waals surface area contributed by atoms with Crippen LogP contribution < -0.4 is 5.56 Å². The van der Waals surface area contributed by atoms with Crippen molar-refractivity contribution in [2.24, 2.45) is 0 Å². The minimum absolute atomic E-state index is 0.0439. The molecule has 0 unspecified atom stereocenters. The number of aromatic nitrogens is 2. The number of hydrogen-bond acceptors (Lipinski definition) is 5. The molecule has 1 heterocycles. The molecule has 4 N–H and O–H groups in total. The van der Waals surface area contributed by atoms with Crippen molar-refractivity contribution in [1.29, 1.82) is 0 Å². The SMILES string of the molecule is Cc1nc2c(O)c(O)c(O)cc2[nH]c1=O. The van der Waals surface area contributed by atoms with Crippen molar-refractivity contribution in [2.75, 3.05) is 0 Å². The largest absolute Gasteiger partial charge is 0.504 e. The van der Waals surface area contributed by atoms with Crippen LogP contribution in [0.25, 0.3) is 11.0 Å². The highest BCUT2D eigenvalue weighted by molar-refractivity contribution is 5.86. The van der Waals surface area contributed by atoms with Gasteiger partial charge < -0.3 is 20.3 Å². The standard InChI is InChI=1S/C9H8N2O4/c1-3-9(15)11-4-2-5(12)7(13)8(14)6(4)10-3/h2,12-14H,1H3,(H,11,15). The molecule has 78 valence electrons. The minimum atomic E-state index is -0.651. The topological polar surface area (TPSA) is 106 Å². The molecule has 0 aliphatic rings. The van der Waals surface area contributed by atoms with E-state index in [-0.39, 0.29) is 16.7 Å². The van der Waals surface area contributed by atoms with Crippen molar-refractivity contribution >= 4 is 11.0 Å². The Kier molecular flexibility index (Phi) is 1.79. The van der Waals surface area contributed by atoms with Crippen molar-refractivity contribution in [2.45, 2.75) is 6.92 Å². The van der Waals surface area contributed by atoms with Crippen LogP contribution in [0.15, 0.2) is 10.9 Å². The lowest BCUT2D eigenvalue weighted by atomic mass is 10.2. The van der Waals surface area contributed by atoms with Gasteiger partial charge in [-0.05, 0) is 6.92 Å². The number of rotatable bonds is 0. The van der Waals surface area contributed by atoms with Crippen LogP contribution in [-0.4, -0.2) is 25.3 Å². The van der Waals surface area contributed by atoms with Crippen molar-refractivity contribution in [3.63, 3.8) is 0 Å². The van der Waals surface area contributed by atoms with Gasteiger partial charge in [-0.2, -0.15) is 0 Å². The van der Waals surface area contributed by atoms with Gasteiger partial charge in [0.2, 0.25) is 5.75 Å².